The van der Waals surface area contributed by atoms with E-state index in [-0.39, 0.29) is 5.41 Å². The van der Waals surface area contributed by atoms with Gasteiger partial charge in [-0.25, -0.2) is 4.68 Å². The zero-order valence-electron chi connectivity index (χ0n) is 13.2. The molecule has 2 aromatic heterocycles. The Labute approximate surface area is 140 Å². The summed E-state index contributed by atoms with van der Waals surface area (Å²) in [5.74, 6) is 0.356. The molecule has 23 heavy (non-hydrogen) atoms. The van der Waals surface area contributed by atoms with Crippen molar-refractivity contribution in [1.82, 2.24) is 19.9 Å². The molecule has 0 atom stereocenters. The predicted octanol–water partition coefficient (Wildman–Crippen LogP) is 3.02. The van der Waals surface area contributed by atoms with E-state index < -0.39 is 0 Å². The van der Waals surface area contributed by atoms with Crippen LogP contribution in [-0.4, -0.2) is 38.9 Å². The molecule has 0 spiro atoms. The highest BCUT2D eigenvalue weighted by Gasteiger charge is 2.46. The van der Waals surface area contributed by atoms with Crippen LogP contribution in [0.5, 0.6) is 0 Å². The smallest absolute Gasteiger partial charge is 0.234 e. The highest BCUT2D eigenvalue weighted by molar-refractivity contribution is 7.10. The maximum Gasteiger partial charge on any atom is 0.234 e. The van der Waals surface area contributed by atoms with Crippen LogP contribution in [-0.2, 0) is 10.2 Å². The molecular formula is C17H22N4OS. The van der Waals surface area contributed by atoms with E-state index in [1.807, 2.05) is 10.9 Å². The van der Waals surface area contributed by atoms with Gasteiger partial charge in [0.2, 0.25) is 5.91 Å². The first kappa shape index (κ1) is 14.9. The fourth-order valence-corrected chi connectivity index (χ4v) is 5.12. The van der Waals surface area contributed by atoms with Gasteiger partial charge in [-0.05, 0) is 37.1 Å². The van der Waals surface area contributed by atoms with Crippen molar-refractivity contribution in [3.8, 4) is 0 Å². The van der Waals surface area contributed by atoms with Crippen LogP contribution >= 0.6 is 11.3 Å². The first-order valence-electron chi connectivity index (χ1n) is 8.49. The molecule has 1 aliphatic carbocycles. The highest BCUT2D eigenvalue weighted by Crippen LogP contribution is 2.45. The molecule has 6 heteroatoms. The van der Waals surface area contributed by atoms with Crippen molar-refractivity contribution in [2.24, 2.45) is 0 Å². The SMILES string of the molecule is O=C(N1CCC(n2ccnn2)CC1)C1(c2cccs2)CCCC1. The summed E-state index contributed by atoms with van der Waals surface area (Å²) < 4.78 is 1.94. The normalized spacial score (nSPS) is 21.7. The van der Waals surface area contributed by atoms with Crippen molar-refractivity contribution in [3.63, 3.8) is 0 Å². The lowest BCUT2D eigenvalue weighted by Gasteiger charge is -2.38. The zero-order valence-corrected chi connectivity index (χ0v) is 14.0. The third kappa shape index (κ3) is 2.59. The maximum atomic E-state index is 13.3. The fraction of sp³-hybridized carbons (Fsp3) is 0.588. The van der Waals surface area contributed by atoms with Gasteiger partial charge in [0.15, 0.2) is 0 Å². The molecule has 1 saturated heterocycles. The van der Waals surface area contributed by atoms with Crippen LogP contribution in [0.25, 0.3) is 0 Å². The van der Waals surface area contributed by atoms with Crippen LogP contribution in [0.4, 0.5) is 0 Å². The number of hydrogen-bond acceptors (Lipinski definition) is 4. The number of nitrogens with zero attached hydrogens (tertiary/aromatic N) is 4. The van der Waals surface area contributed by atoms with E-state index in [1.165, 1.54) is 17.7 Å². The minimum atomic E-state index is -0.242. The van der Waals surface area contributed by atoms with Gasteiger partial charge in [0.1, 0.15) is 0 Å². The van der Waals surface area contributed by atoms with Crippen molar-refractivity contribution >= 4 is 17.2 Å². The first-order valence-corrected chi connectivity index (χ1v) is 9.37. The first-order chi connectivity index (χ1) is 11.3. The van der Waals surface area contributed by atoms with Gasteiger partial charge in [-0.2, -0.15) is 0 Å². The molecule has 2 aromatic rings. The van der Waals surface area contributed by atoms with E-state index in [2.05, 4.69) is 32.7 Å². The Bertz CT molecular complexity index is 638. The number of rotatable bonds is 3. The second-order valence-electron chi connectivity index (χ2n) is 6.67. The molecule has 1 aliphatic heterocycles. The van der Waals surface area contributed by atoms with E-state index in [9.17, 15) is 4.79 Å². The second kappa shape index (κ2) is 6.07. The molecule has 0 bridgehead atoms. The van der Waals surface area contributed by atoms with E-state index in [4.69, 9.17) is 0 Å². The van der Waals surface area contributed by atoms with Crippen molar-refractivity contribution in [1.29, 1.82) is 0 Å². The topological polar surface area (TPSA) is 51.0 Å². The molecule has 3 heterocycles. The Balaban J connectivity index is 1.49. The maximum absolute atomic E-state index is 13.3. The number of thiophene rings is 1. The Morgan fingerprint density at radius 3 is 2.65 bits per heavy atom. The predicted molar refractivity (Wildman–Crippen MR) is 89.3 cm³/mol. The average Bonchev–Trinajstić information content (AvgIpc) is 3.36. The zero-order chi connectivity index (χ0) is 15.7. The van der Waals surface area contributed by atoms with Crippen LogP contribution in [0, 0.1) is 0 Å². The Morgan fingerprint density at radius 2 is 2.04 bits per heavy atom. The molecule has 0 N–H and O–H groups in total. The van der Waals surface area contributed by atoms with Crippen LogP contribution in [0.15, 0.2) is 29.9 Å². The molecule has 1 saturated carbocycles. The number of piperidine rings is 1. The summed E-state index contributed by atoms with van der Waals surface area (Å²) in [6.07, 6.45) is 9.93. The van der Waals surface area contributed by atoms with Gasteiger partial charge < -0.3 is 4.90 Å². The summed E-state index contributed by atoms with van der Waals surface area (Å²) in [6, 6.07) is 4.60. The number of hydrogen-bond donors (Lipinski definition) is 0. The van der Waals surface area contributed by atoms with Gasteiger partial charge >= 0.3 is 0 Å². The van der Waals surface area contributed by atoms with Crippen LogP contribution < -0.4 is 0 Å². The summed E-state index contributed by atoms with van der Waals surface area (Å²) in [5, 5.41) is 10.1. The lowest BCUT2D eigenvalue weighted by molar-refractivity contribution is -0.138. The molecule has 2 aliphatic rings. The van der Waals surface area contributed by atoms with Gasteiger partial charge in [-0.15, -0.1) is 16.4 Å². The molecule has 0 radical (unpaired) electrons. The Morgan fingerprint density at radius 1 is 1.26 bits per heavy atom. The highest BCUT2D eigenvalue weighted by atomic mass is 32.1. The number of carbonyl (C=O) groups excluding carboxylic acids is 1. The van der Waals surface area contributed by atoms with Gasteiger partial charge in [0, 0.05) is 24.2 Å². The van der Waals surface area contributed by atoms with E-state index in [1.54, 1.807) is 17.5 Å². The summed E-state index contributed by atoms with van der Waals surface area (Å²) in [4.78, 5) is 16.7. The summed E-state index contributed by atoms with van der Waals surface area (Å²) in [5.41, 5.74) is -0.242. The Kier molecular flexibility index (Phi) is 3.93. The third-order valence-corrected chi connectivity index (χ3v) is 6.50. The minimum Gasteiger partial charge on any atom is -0.342 e. The van der Waals surface area contributed by atoms with Crippen molar-refractivity contribution in [2.75, 3.05) is 13.1 Å². The number of aromatic nitrogens is 3. The average molecular weight is 330 g/mol. The lowest BCUT2D eigenvalue weighted by Crippen LogP contribution is -2.48. The van der Waals surface area contributed by atoms with Gasteiger partial charge in [0.05, 0.1) is 17.7 Å². The summed E-state index contributed by atoms with van der Waals surface area (Å²) >= 11 is 1.74. The van der Waals surface area contributed by atoms with Crippen LogP contribution in [0.2, 0.25) is 0 Å². The fourth-order valence-electron chi connectivity index (χ4n) is 4.14. The van der Waals surface area contributed by atoms with E-state index in [0.29, 0.717) is 11.9 Å². The van der Waals surface area contributed by atoms with Gasteiger partial charge in [-0.3, -0.25) is 4.79 Å². The molecule has 5 nitrogen and oxygen atoms in total. The third-order valence-electron chi connectivity index (χ3n) is 5.43. The summed E-state index contributed by atoms with van der Waals surface area (Å²) in [7, 11) is 0. The van der Waals surface area contributed by atoms with Crippen molar-refractivity contribution < 1.29 is 4.79 Å². The number of carbonyl (C=O) groups is 1. The molecule has 1 amide bonds. The molecule has 0 aromatic carbocycles. The quantitative estimate of drug-likeness (QED) is 0.869. The molecular weight excluding hydrogens is 308 g/mol. The minimum absolute atomic E-state index is 0.242. The van der Waals surface area contributed by atoms with E-state index >= 15 is 0 Å². The lowest BCUT2D eigenvalue weighted by atomic mass is 9.82. The monoisotopic (exact) mass is 330 g/mol. The van der Waals surface area contributed by atoms with Crippen LogP contribution in [0.3, 0.4) is 0 Å². The van der Waals surface area contributed by atoms with Gasteiger partial charge in [0.25, 0.3) is 0 Å². The molecule has 0 unspecified atom stereocenters. The second-order valence-corrected chi connectivity index (χ2v) is 7.62. The van der Waals surface area contributed by atoms with Crippen molar-refractivity contribution in [2.45, 2.75) is 50.0 Å². The van der Waals surface area contributed by atoms with E-state index in [0.717, 1.165) is 38.8 Å². The van der Waals surface area contributed by atoms with Crippen LogP contribution in [0.1, 0.15) is 49.4 Å². The number of likely N-dealkylation sites (tertiary alicyclic amines) is 1. The molecule has 2 fully saturated rings. The molecule has 4 rings (SSSR count). The Hall–Kier alpha value is -1.69. The largest absolute Gasteiger partial charge is 0.342 e. The molecule has 122 valence electrons. The summed E-state index contributed by atoms with van der Waals surface area (Å²) in [6.45, 7) is 1.66. The number of amides is 1. The van der Waals surface area contributed by atoms with Crippen molar-refractivity contribution in [3.05, 3.63) is 34.8 Å². The standard InChI is InChI=1S/C17H22N4OS/c22-16(17(7-1-2-8-17)15-4-3-13-23-15)20-10-5-14(6-11-20)21-12-9-18-19-21/h3-4,9,12-14H,1-2,5-8,10-11H2. The van der Waals surface area contributed by atoms with Gasteiger partial charge in [-0.1, -0.05) is 24.1 Å².